The Bertz CT molecular complexity index is 307. The maximum Gasteiger partial charge on any atom is 0.315 e. The van der Waals surface area contributed by atoms with Gasteiger partial charge >= 0.3 is 12.0 Å². The number of amides is 2. The first-order valence-electron chi connectivity index (χ1n) is 5.98. The molecule has 1 saturated heterocycles. The molecule has 0 aromatic rings. The van der Waals surface area contributed by atoms with E-state index in [-0.39, 0.29) is 36.4 Å². The summed E-state index contributed by atoms with van der Waals surface area (Å²) < 4.78 is 5.24. The summed E-state index contributed by atoms with van der Waals surface area (Å²) in [5.74, 6) is -0.00135. The molecule has 0 aromatic heterocycles. The zero-order valence-corrected chi connectivity index (χ0v) is 11.2. The van der Waals surface area contributed by atoms with Crippen molar-refractivity contribution in [1.82, 2.24) is 10.6 Å². The van der Waals surface area contributed by atoms with E-state index < -0.39 is 5.60 Å². The van der Waals surface area contributed by atoms with Crippen LogP contribution in [0.5, 0.6) is 0 Å². The monoisotopic (exact) mass is 242 g/mol. The number of nitrogens with one attached hydrogen (secondary N) is 2. The Hall–Kier alpha value is -1.26. The lowest BCUT2D eigenvalue weighted by Crippen LogP contribution is -2.40. The van der Waals surface area contributed by atoms with Crippen LogP contribution in [0.1, 0.15) is 41.0 Å². The minimum atomic E-state index is -0.486. The molecule has 5 nitrogen and oxygen atoms in total. The Kier molecular flexibility index (Phi) is 4.01. The quantitative estimate of drug-likeness (QED) is 0.736. The first-order valence-corrected chi connectivity index (χ1v) is 5.98. The number of carbonyl (C=O) groups excluding carboxylic acids is 2. The SMILES string of the molecule is CC(C)[C@@H]1NC(=O)N[C@@H]1CC(=O)OC(C)(C)C. The molecule has 17 heavy (non-hydrogen) atoms. The van der Waals surface area contributed by atoms with Crippen molar-refractivity contribution in [2.45, 2.75) is 58.7 Å². The first-order chi connectivity index (χ1) is 7.69. The maximum atomic E-state index is 11.7. The molecule has 1 aliphatic heterocycles. The fraction of sp³-hybridized carbons (Fsp3) is 0.833. The van der Waals surface area contributed by atoms with Crippen LogP contribution in [0, 0.1) is 5.92 Å². The van der Waals surface area contributed by atoms with Gasteiger partial charge in [0.1, 0.15) is 5.60 Å². The molecule has 0 aliphatic carbocycles. The van der Waals surface area contributed by atoms with Gasteiger partial charge in [-0.2, -0.15) is 0 Å². The van der Waals surface area contributed by atoms with Crippen LogP contribution in [0.25, 0.3) is 0 Å². The lowest BCUT2D eigenvalue weighted by Gasteiger charge is -2.24. The highest BCUT2D eigenvalue weighted by atomic mass is 16.6. The van der Waals surface area contributed by atoms with Gasteiger partial charge in [0.2, 0.25) is 0 Å². The molecule has 0 unspecified atom stereocenters. The molecule has 0 bridgehead atoms. The van der Waals surface area contributed by atoms with Crippen LogP contribution in [0.4, 0.5) is 4.79 Å². The van der Waals surface area contributed by atoms with Crippen LogP contribution in [0.3, 0.4) is 0 Å². The first kappa shape index (κ1) is 13.8. The Morgan fingerprint density at radius 1 is 1.35 bits per heavy atom. The summed E-state index contributed by atoms with van der Waals surface area (Å²) in [6.45, 7) is 9.52. The minimum Gasteiger partial charge on any atom is -0.460 e. The van der Waals surface area contributed by atoms with Crippen molar-refractivity contribution < 1.29 is 14.3 Å². The van der Waals surface area contributed by atoms with E-state index in [0.29, 0.717) is 0 Å². The highest BCUT2D eigenvalue weighted by Gasteiger charge is 2.35. The molecule has 1 fully saturated rings. The molecule has 5 heteroatoms. The van der Waals surface area contributed by atoms with Gasteiger partial charge in [-0.1, -0.05) is 13.8 Å². The third kappa shape index (κ3) is 4.24. The summed E-state index contributed by atoms with van der Waals surface area (Å²) in [5.41, 5.74) is -0.486. The fourth-order valence-corrected chi connectivity index (χ4v) is 1.92. The Morgan fingerprint density at radius 2 is 1.94 bits per heavy atom. The molecule has 2 atom stereocenters. The van der Waals surface area contributed by atoms with Gasteiger partial charge in [0, 0.05) is 0 Å². The van der Waals surface area contributed by atoms with Crippen molar-refractivity contribution in [2.75, 3.05) is 0 Å². The largest absolute Gasteiger partial charge is 0.460 e. The van der Waals surface area contributed by atoms with Gasteiger partial charge in [0.15, 0.2) is 0 Å². The van der Waals surface area contributed by atoms with Crippen molar-refractivity contribution in [3.8, 4) is 0 Å². The van der Waals surface area contributed by atoms with Crippen LogP contribution in [-0.2, 0) is 9.53 Å². The van der Waals surface area contributed by atoms with Crippen LogP contribution in [0.15, 0.2) is 0 Å². The molecule has 98 valence electrons. The van der Waals surface area contributed by atoms with Crippen molar-refractivity contribution in [3.63, 3.8) is 0 Å². The molecule has 0 aromatic carbocycles. The molecule has 0 radical (unpaired) electrons. The van der Waals surface area contributed by atoms with Gasteiger partial charge in [-0.05, 0) is 26.7 Å². The molecule has 1 heterocycles. The number of ether oxygens (including phenoxy) is 1. The van der Waals surface area contributed by atoms with E-state index in [2.05, 4.69) is 10.6 Å². The third-order valence-electron chi connectivity index (χ3n) is 2.57. The second-order valence-electron chi connectivity index (χ2n) is 5.78. The van der Waals surface area contributed by atoms with E-state index in [9.17, 15) is 9.59 Å². The second kappa shape index (κ2) is 4.94. The topological polar surface area (TPSA) is 67.4 Å². The summed E-state index contributed by atoms with van der Waals surface area (Å²) in [5, 5.41) is 5.56. The normalized spacial score (nSPS) is 24.5. The summed E-state index contributed by atoms with van der Waals surface area (Å²) in [6.07, 6.45) is 0.207. The van der Waals surface area contributed by atoms with Crippen molar-refractivity contribution in [1.29, 1.82) is 0 Å². The molecule has 1 rings (SSSR count). The zero-order valence-electron chi connectivity index (χ0n) is 11.2. The van der Waals surface area contributed by atoms with Crippen LogP contribution >= 0.6 is 0 Å². The van der Waals surface area contributed by atoms with Gasteiger partial charge in [-0.25, -0.2) is 4.79 Å². The molecular weight excluding hydrogens is 220 g/mol. The molecule has 2 N–H and O–H groups in total. The van der Waals surface area contributed by atoms with Crippen molar-refractivity contribution in [2.24, 2.45) is 5.92 Å². The second-order valence-corrected chi connectivity index (χ2v) is 5.78. The van der Waals surface area contributed by atoms with Crippen molar-refractivity contribution in [3.05, 3.63) is 0 Å². The fourth-order valence-electron chi connectivity index (χ4n) is 1.92. The number of urea groups is 1. The number of hydrogen-bond donors (Lipinski definition) is 2. The predicted molar refractivity (Wildman–Crippen MR) is 64.5 cm³/mol. The highest BCUT2D eigenvalue weighted by Crippen LogP contribution is 2.16. The van der Waals surface area contributed by atoms with Gasteiger partial charge in [-0.15, -0.1) is 0 Å². The van der Waals surface area contributed by atoms with Crippen LogP contribution in [-0.4, -0.2) is 29.7 Å². The molecular formula is C12H22N2O3. The minimum absolute atomic E-state index is 0.0185. The lowest BCUT2D eigenvalue weighted by molar-refractivity contribution is -0.155. The Balaban J connectivity index is 2.55. The Labute approximate surface area is 102 Å². The van der Waals surface area contributed by atoms with E-state index in [4.69, 9.17) is 4.74 Å². The third-order valence-corrected chi connectivity index (χ3v) is 2.57. The van der Waals surface area contributed by atoms with Crippen LogP contribution < -0.4 is 10.6 Å². The van der Waals surface area contributed by atoms with E-state index in [0.717, 1.165) is 0 Å². The number of esters is 1. The smallest absolute Gasteiger partial charge is 0.315 e. The average Bonchev–Trinajstić information content (AvgIpc) is 2.42. The lowest BCUT2D eigenvalue weighted by atomic mass is 9.96. The van der Waals surface area contributed by atoms with Gasteiger partial charge in [0.05, 0.1) is 18.5 Å². The maximum absolute atomic E-state index is 11.7. The van der Waals surface area contributed by atoms with Crippen molar-refractivity contribution >= 4 is 12.0 Å². The number of hydrogen-bond acceptors (Lipinski definition) is 3. The summed E-state index contributed by atoms with van der Waals surface area (Å²) >= 11 is 0. The van der Waals surface area contributed by atoms with Gasteiger partial charge in [0.25, 0.3) is 0 Å². The number of carbonyl (C=O) groups is 2. The van der Waals surface area contributed by atoms with E-state index in [1.807, 2.05) is 34.6 Å². The van der Waals surface area contributed by atoms with Gasteiger partial charge < -0.3 is 15.4 Å². The molecule has 2 amide bonds. The molecule has 0 spiro atoms. The zero-order chi connectivity index (χ0) is 13.2. The Morgan fingerprint density at radius 3 is 2.41 bits per heavy atom. The van der Waals surface area contributed by atoms with Gasteiger partial charge in [-0.3, -0.25) is 4.79 Å². The predicted octanol–water partition coefficient (Wildman–Crippen LogP) is 1.42. The summed E-state index contributed by atoms with van der Waals surface area (Å²) in [4.78, 5) is 22.9. The molecule has 1 aliphatic rings. The molecule has 0 saturated carbocycles. The number of rotatable bonds is 3. The highest BCUT2D eigenvalue weighted by molar-refractivity contribution is 5.79. The summed E-state index contributed by atoms with van der Waals surface area (Å²) in [6, 6.07) is -0.412. The summed E-state index contributed by atoms with van der Waals surface area (Å²) in [7, 11) is 0. The van der Waals surface area contributed by atoms with E-state index in [1.54, 1.807) is 0 Å². The van der Waals surface area contributed by atoms with E-state index >= 15 is 0 Å². The van der Waals surface area contributed by atoms with Crippen LogP contribution in [0.2, 0.25) is 0 Å². The van der Waals surface area contributed by atoms with E-state index in [1.165, 1.54) is 0 Å². The average molecular weight is 242 g/mol. The standard InChI is InChI=1S/C12H22N2O3/c1-7(2)10-8(13-11(16)14-10)6-9(15)17-12(3,4)5/h7-8,10H,6H2,1-5H3,(H2,13,14,16)/t8-,10+/m1/s1.